The predicted octanol–water partition coefficient (Wildman–Crippen LogP) is 3.20. The fourth-order valence-electron chi connectivity index (χ4n) is 2.35. The van der Waals surface area contributed by atoms with Gasteiger partial charge in [0.2, 0.25) is 10.0 Å². The zero-order valence-electron chi connectivity index (χ0n) is 14.4. The molecule has 7 heteroatoms. The molecule has 0 heterocycles. The van der Waals surface area contributed by atoms with Crippen molar-refractivity contribution in [2.75, 3.05) is 17.2 Å². The van der Waals surface area contributed by atoms with Gasteiger partial charge in [-0.3, -0.25) is 4.31 Å². The SMILES string of the molecule is CCOC(=O)[C@H](C)N(c1ccc(Oc2ccccc2)cc1)S(C)(=O)=O. The molecule has 0 aliphatic rings. The molecule has 25 heavy (non-hydrogen) atoms. The number of sulfonamides is 1. The molecular formula is C18H21NO5S. The number of rotatable bonds is 7. The summed E-state index contributed by atoms with van der Waals surface area (Å²) in [6, 6.07) is 14.8. The topological polar surface area (TPSA) is 72.9 Å². The van der Waals surface area contributed by atoms with Gasteiger partial charge < -0.3 is 9.47 Å². The van der Waals surface area contributed by atoms with Gasteiger partial charge in [-0.25, -0.2) is 13.2 Å². The minimum absolute atomic E-state index is 0.185. The summed E-state index contributed by atoms with van der Waals surface area (Å²) in [6.07, 6.45) is 1.05. The summed E-state index contributed by atoms with van der Waals surface area (Å²) in [7, 11) is -3.66. The molecule has 0 aromatic heterocycles. The molecule has 0 bridgehead atoms. The number of ether oxygens (including phenoxy) is 2. The molecule has 0 unspecified atom stereocenters. The Labute approximate surface area is 148 Å². The Balaban J connectivity index is 2.25. The molecule has 0 amide bonds. The Hall–Kier alpha value is -2.54. The molecule has 2 aromatic carbocycles. The van der Waals surface area contributed by atoms with Gasteiger partial charge in [0.15, 0.2) is 0 Å². The van der Waals surface area contributed by atoms with Crippen molar-refractivity contribution in [2.45, 2.75) is 19.9 Å². The van der Waals surface area contributed by atoms with Gasteiger partial charge in [-0.15, -0.1) is 0 Å². The molecule has 0 radical (unpaired) electrons. The summed E-state index contributed by atoms with van der Waals surface area (Å²) in [5.74, 6) is 0.639. The van der Waals surface area contributed by atoms with Crippen LogP contribution in [0.1, 0.15) is 13.8 Å². The highest BCUT2D eigenvalue weighted by molar-refractivity contribution is 7.92. The van der Waals surface area contributed by atoms with E-state index >= 15 is 0 Å². The maximum absolute atomic E-state index is 12.1. The lowest BCUT2D eigenvalue weighted by atomic mass is 10.2. The average Bonchev–Trinajstić information content (AvgIpc) is 2.56. The van der Waals surface area contributed by atoms with E-state index in [1.165, 1.54) is 6.92 Å². The van der Waals surface area contributed by atoms with E-state index in [1.54, 1.807) is 31.2 Å². The number of benzene rings is 2. The number of carbonyl (C=O) groups is 1. The van der Waals surface area contributed by atoms with Crippen LogP contribution in [0.2, 0.25) is 0 Å². The first-order chi connectivity index (χ1) is 11.8. The minimum Gasteiger partial charge on any atom is -0.464 e. The standard InChI is InChI=1S/C18H21NO5S/c1-4-23-18(20)14(2)19(25(3,21)22)15-10-12-17(13-11-15)24-16-8-6-5-7-9-16/h5-14H,4H2,1-3H3/t14-/m0/s1. The third kappa shape index (κ3) is 4.96. The van der Waals surface area contributed by atoms with Crippen LogP contribution < -0.4 is 9.04 Å². The molecule has 0 N–H and O–H groups in total. The van der Waals surface area contributed by atoms with Gasteiger partial charge in [-0.05, 0) is 50.2 Å². The Morgan fingerprint density at radius 2 is 1.60 bits per heavy atom. The lowest BCUT2D eigenvalue weighted by Crippen LogP contribution is -2.43. The van der Waals surface area contributed by atoms with E-state index in [-0.39, 0.29) is 6.61 Å². The molecule has 134 valence electrons. The van der Waals surface area contributed by atoms with Crippen LogP contribution in [0.5, 0.6) is 11.5 Å². The Morgan fingerprint density at radius 1 is 1.04 bits per heavy atom. The van der Waals surface area contributed by atoms with E-state index in [0.29, 0.717) is 17.2 Å². The van der Waals surface area contributed by atoms with E-state index in [9.17, 15) is 13.2 Å². The zero-order chi connectivity index (χ0) is 18.4. The molecule has 1 atom stereocenters. The first-order valence-corrected chi connectivity index (χ1v) is 9.66. The quantitative estimate of drug-likeness (QED) is 0.707. The molecule has 0 aliphatic carbocycles. The van der Waals surface area contributed by atoms with Crippen LogP contribution in [0.15, 0.2) is 54.6 Å². The van der Waals surface area contributed by atoms with E-state index in [2.05, 4.69) is 0 Å². The highest BCUT2D eigenvalue weighted by Gasteiger charge is 2.30. The van der Waals surface area contributed by atoms with E-state index in [4.69, 9.17) is 9.47 Å². The fourth-order valence-corrected chi connectivity index (χ4v) is 3.51. The molecule has 0 saturated heterocycles. The smallest absolute Gasteiger partial charge is 0.329 e. The Kier molecular flexibility index (Phi) is 6.03. The first-order valence-electron chi connectivity index (χ1n) is 7.82. The maximum atomic E-state index is 12.1. The van der Waals surface area contributed by atoms with Gasteiger partial charge >= 0.3 is 5.97 Å². The third-order valence-corrected chi connectivity index (χ3v) is 4.65. The highest BCUT2D eigenvalue weighted by Crippen LogP contribution is 2.27. The molecule has 2 aromatic rings. The van der Waals surface area contributed by atoms with Crippen LogP contribution in [-0.4, -0.2) is 33.3 Å². The van der Waals surface area contributed by atoms with E-state index in [0.717, 1.165) is 10.6 Å². The van der Waals surface area contributed by atoms with Crippen molar-refractivity contribution in [1.29, 1.82) is 0 Å². The lowest BCUT2D eigenvalue weighted by molar-refractivity contribution is -0.144. The number of esters is 1. The van der Waals surface area contributed by atoms with E-state index in [1.807, 2.05) is 30.3 Å². The molecule has 0 aliphatic heterocycles. The predicted molar refractivity (Wildman–Crippen MR) is 96.4 cm³/mol. The second-order valence-electron chi connectivity index (χ2n) is 5.40. The van der Waals surface area contributed by atoms with Crippen molar-refractivity contribution < 1.29 is 22.7 Å². The van der Waals surface area contributed by atoms with Crippen LogP contribution in [-0.2, 0) is 19.6 Å². The summed E-state index contributed by atoms with van der Waals surface area (Å²) in [5.41, 5.74) is 0.364. The van der Waals surface area contributed by atoms with E-state index < -0.39 is 22.0 Å². The second kappa shape index (κ2) is 8.02. The molecule has 0 spiro atoms. The summed E-state index contributed by atoms with van der Waals surface area (Å²) >= 11 is 0. The molecule has 0 saturated carbocycles. The van der Waals surface area contributed by atoms with Crippen LogP contribution in [0.3, 0.4) is 0 Å². The number of carbonyl (C=O) groups excluding carboxylic acids is 1. The van der Waals surface area contributed by atoms with Crippen LogP contribution in [0.4, 0.5) is 5.69 Å². The molecule has 0 fully saturated rings. The number of nitrogens with zero attached hydrogens (tertiary/aromatic N) is 1. The minimum atomic E-state index is -3.66. The summed E-state index contributed by atoms with van der Waals surface area (Å²) in [6.45, 7) is 3.35. The first kappa shape index (κ1) is 18.8. The number of hydrogen-bond acceptors (Lipinski definition) is 5. The Bertz CT molecular complexity index is 803. The largest absolute Gasteiger partial charge is 0.464 e. The summed E-state index contributed by atoms with van der Waals surface area (Å²) in [5, 5.41) is 0. The van der Waals surface area contributed by atoms with Crippen LogP contribution in [0.25, 0.3) is 0 Å². The number of para-hydroxylation sites is 1. The van der Waals surface area contributed by atoms with Crippen molar-refractivity contribution in [2.24, 2.45) is 0 Å². The van der Waals surface area contributed by atoms with Gasteiger partial charge in [0.25, 0.3) is 0 Å². The lowest BCUT2D eigenvalue weighted by Gasteiger charge is -2.27. The molecule has 2 rings (SSSR count). The molecular weight excluding hydrogens is 342 g/mol. The van der Waals surface area contributed by atoms with Crippen molar-refractivity contribution in [3.63, 3.8) is 0 Å². The van der Waals surface area contributed by atoms with Gasteiger partial charge in [0, 0.05) is 0 Å². The normalized spacial score (nSPS) is 12.3. The van der Waals surface area contributed by atoms with Gasteiger partial charge in [0.1, 0.15) is 17.5 Å². The summed E-state index contributed by atoms with van der Waals surface area (Å²) < 4.78 is 35.9. The zero-order valence-corrected chi connectivity index (χ0v) is 15.2. The summed E-state index contributed by atoms with van der Waals surface area (Å²) in [4.78, 5) is 12.0. The van der Waals surface area contributed by atoms with Crippen molar-refractivity contribution in [3.8, 4) is 11.5 Å². The average molecular weight is 363 g/mol. The van der Waals surface area contributed by atoms with Crippen LogP contribution >= 0.6 is 0 Å². The van der Waals surface area contributed by atoms with Gasteiger partial charge in [-0.1, -0.05) is 18.2 Å². The van der Waals surface area contributed by atoms with Crippen molar-refractivity contribution in [3.05, 3.63) is 54.6 Å². The molecule has 6 nitrogen and oxygen atoms in total. The Morgan fingerprint density at radius 3 is 2.12 bits per heavy atom. The maximum Gasteiger partial charge on any atom is 0.329 e. The highest BCUT2D eigenvalue weighted by atomic mass is 32.2. The van der Waals surface area contributed by atoms with Gasteiger partial charge in [0.05, 0.1) is 18.6 Å². The second-order valence-corrected chi connectivity index (χ2v) is 7.26. The number of anilines is 1. The van der Waals surface area contributed by atoms with Crippen molar-refractivity contribution >= 4 is 21.7 Å². The monoisotopic (exact) mass is 363 g/mol. The third-order valence-electron chi connectivity index (χ3n) is 3.41. The van der Waals surface area contributed by atoms with Crippen molar-refractivity contribution in [1.82, 2.24) is 0 Å². The fraction of sp³-hybridized carbons (Fsp3) is 0.278. The number of hydrogen-bond donors (Lipinski definition) is 0. The van der Waals surface area contributed by atoms with Gasteiger partial charge in [-0.2, -0.15) is 0 Å². The van der Waals surface area contributed by atoms with Crippen LogP contribution in [0, 0.1) is 0 Å².